The van der Waals surface area contributed by atoms with Crippen LogP contribution in [0.2, 0.25) is 0 Å². The molecule has 6 nitrogen and oxygen atoms in total. The number of nitrogens with zero attached hydrogens (tertiary/aromatic N) is 4. The molecule has 1 saturated heterocycles. The van der Waals surface area contributed by atoms with Gasteiger partial charge in [-0.3, -0.25) is 9.48 Å². The summed E-state index contributed by atoms with van der Waals surface area (Å²) in [5.41, 5.74) is 2.83. The quantitative estimate of drug-likeness (QED) is 0.868. The van der Waals surface area contributed by atoms with Crippen molar-refractivity contribution in [1.29, 1.82) is 0 Å². The molecule has 1 aliphatic rings. The van der Waals surface area contributed by atoms with Crippen molar-refractivity contribution in [3.63, 3.8) is 0 Å². The van der Waals surface area contributed by atoms with Gasteiger partial charge in [0, 0.05) is 26.1 Å². The highest BCUT2D eigenvalue weighted by molar-refractivity contribution is 5.77. The summed E-state index contributed by atoms with van der Waals surface area (Å²) in [4.78, 5) is 14.6. The molecule has 0 saturated carbocycles. The number of aryl methyl sites for hydroxylation is 2. The van der Waals surface area contributed by atoms with Crippen molar-refractivity contribution in [2.45, 2.75) is 52.0 Å². The fraction of sp³-hybridized carbons (Fsp3) is 0.588. The van der Waals surface area contributed by atoms with Crippen LogP contribution >= 0.6 is 0 Å². The highest BCUT2D eigenvalue weighted by Gasteiger charge is 2.32. The van der Waals surface area contributed by atoms with Crippen molar-refractivity contribution in [2.75, 3.05) is 6.54 Å². The summed E-state index contributed by atoms with van der Waals surface area (Å²) in [7, 11) is 1.93. The third-order valence-electron chi connectivity index (χ3n) is 4.48. The predicted molar refractivity (Wildman–Crippen MR) is 86.7 cm³/mol. The van der Waals surface area contributed by atoms with E-state index in [0.29, 0.717) is 6.42 Å². The number of piperidine rings is 1. The van der Waals surface area contributed by atoms with E-state index in [1.807, 2.05) is 42.7 Å². The van der Waals surface area contributed by atoms with Crippen molar-refractivity contribution < 1.29 is 9.32 Å². The highest BCUT2D eigenvalue weighted by Crippen LogP contribution is 2.37. The van der Waals surface area contributed by atoms with E-state index in [1.165, 1.54) is 0 Å². The Morgan fingerprint density at radius 3 is 2.96 bits per heavy atom. The molecule has 2 aromatic rings. The average molecular weight is 316 g/mol. The number of hydrogen-bond donors (Lipinski definition) is 0. The van der Waals surface area contributed by atoms with Gasteiger partial charge in [0.05, 0.1) is 29.2 Å². The van der Waals surface area contributed by atoms with Gasteiger partial charge in [-0.1, -0.05) is 12.1 Å². The largest absolute Gasteiger partial charge is 0.356 e. The molecular weight excluding hydrogens is 292 g/mol. The Kier molecular flexibility index (Phi) is 4.50. The molecule has 1 fully saturated rings. The molecule has 1 amide bonds. The molecule has 0 aliphatic carbocycles. The van der Waals surface area contributed by atoms with Crippen LogP contribution in [0.25, 0.3) is 11.3 Å². The van der Waals surface area contributed by atoms with E-state index in [4.69, 9.17) is 4.52 Å². The first-order valence-corrected chi connectivity index (χ1v) is 8.37. The molecule has 3 heterocycles. The van der Waals surface area contributed by atoms with E-state index in [0.717, 1.165) is 54.9 Å². The number of likely N-dealkylation sites (tertiary alicyclic amines) is 1. The van der Waals surface area contributed by atoms with Gasteiger partial charge >= 0.3 is 0 Å². The maximum Gasteiger partial charge on any atom is 0.223 e. The Bertz CT molecular complexity index is 689. The summed E-state index contributed by atoms with van der Waals surface area (Å²) >= 11 is 0. The maximum absolute atomic E-state index is 12.5. The summed E-state index contributed by atoms with van der Waals surface area (Å²) in [5, 5.41) is 8.39. The van der Waals surface area contributed by atoms with Gasteiger partial charge in [-0.15, -0.1) is 0 Å². The van der Waals surface area contributed by atoms with Gasteiger partial charge in [-0.05, 0) is 32.6 Å². The topological polar surface area (TPSA) is 64.2 Å². The Morgan fingerprint density at radius 1 is 1.43 bits per heavy atom. The minimum Gasteiger partial charge on any atom is -0.356 e. The molecule has 6 heteroatoms. The Labute approximate surface area is 136 Å². The fourth-order valence-corrected chi connectivity index (χ4v) is 3.39. The summed E-state index contributed by atoms with van der Waals surface area (Å²) in [6.45, 7) is 4.77. The molecule has 0 spiro atoms. The molecule has 0 bridgehead atoms. The smallest absolute Gasteiger partial charge is 0.223 e. The van der Waals surface area contributed by atoms with Gasteiger partial charge in [-0.2, -0.15) is 5.10 Å². The minimum atomic E-state index is 0.0655. The lowest BCUT2D eigenvalue weighted by atomic mass is 9.95. The molecular formula is C17H24N4O2. The zero-order valence-electron chi connectivity index (χ0n) is 14.1. The van der Waals surface area contributed by atoms with Crippen molar-refractivity contribution >= 4 is 5.91 Å². The van der Waals surface area contributed by atoms with E-state index in [-0.39, 0.29) is 11.9 Å². The van der Waals surface area contributed by atoms with Gasteiger partial charge < -0.3 is 9.42 Å². The summed E-state index contributed by atoms with van der Waals surface area (Å²) in [6.07, 6.45) is 6.45. The molecule has 0 aromatic carbocycles. The summed E-state index contributed by atoms with van der Waals surface area (Å²) < 4.78 is 7.30. The molecule has 3 rings (SSSR count). The van der Waals surface area contributed by atoms with Crippen LogP contribution in [0.15, 0.2) is 16.8 Å². The van der Waals surface area contributed by atoms with E-state index < -0.39 is 0 Å². The molecule has 124 valence electrons. The molecule has 23 heavy (non-hydrogen) atoms. The van der Waals surface area contributed by atoms with Gasteiger partial charge in [-0.25, -0.2) is 0 Å². The Morgan fingerprint density at radius 2 is 2.26 bits per heavy atom. The number of aromatic nitrogens is 3. The van der Waals surface area contributed by atoms with Crippen LogP contribution in [0.3, 0.4) is 0 Å². The molecule has 1 atom stereocenters. The predicted octanol–water partition coefficient (Wildman–Crippen LogP) is 3.24. The zero-order chi connectivity index (χ0) is 16.4. The van der Waals surface area contributed by atoms with Gasteiger partial charge in [0.1, 0.15) is 0 Å². The number of carbonyl (C=O) groups excluding carboxylic acids is 1. The third-order valence-corrected chi connectivity index (χ3v) is 4.48. The van der Waals surface area contributed by atoms with Gasteiger partial charge in [0.25, 0.3) is 0 Å². The first-order valence-electron chi connectivity index (χ1n) is 8.37. The fourth-order valence-electron chi connectivity index (χ4n) is 3.39. The second-order valence-corrected chi connectivity index (χ2v) is 6.25. The first kappa shape index (κ1) is 15.8. The van der Waals surface area contributed by atoms with Crippen LogP contribution in [0, 0.1) is 6.92 Å². The number of rotatable bonds is 4. The van der Waals surface area contributed by atoms with E-state index in [1.54, 1.807) is 0 Å². The molecule has 0 N–H and O–H groups in total. The van der Waals surface area contributed by atoms with Gasteiger partial charge in [0.15, 0.2) is 5.76 Å². The lowest BCUT2D eigenvalue weighted by Crippen LogP contribution is -2.39. The summed E-state index contributed by atoms with van der Waals surface area (Å²) in [5.74, 6) is 0.956. The third kappa shape index (κ3) is 3.02. The lowest BCUT2D eigenvalue weighted by Gasteiger charge is -2.36. The number of carbonyl (C=O) groups is 1. The standard InChI is InChI=1S/C17H24N4O2/c1-4-7-16(22)21-9-6-5-8-14(21)17-13(11-18-20(17)3)15-10-12(2)19-23-15/h10-11,14H,4-9H2,1-3H3. The zero-order valence-corrected chi connectivity index (χ0v) is 14.1. The Hall–Kier alpha value is -2.11. The van der Waals surface area contributed by atoms with Crippen molar-refractivity contribution in [1.82, 2.24) is 19.8 Å². The van der Waals surface area contributed by atoms with E-state index >= 15 is 0 Å². The second kappa shape index (κ2) is 6.56. The minimum absolute atomic E-state index is 0.0655. The molecule has 1 unspecified atom stereocenters. The molecule has 0 radical (unpaired) electrons. The highest BCUT2D eigenvalue weighted by atomic mass is 16.5. The molecule has 2 aromatic heterocycles. The van der Waals surface area contributed by atoms with Crippen LogP contribution in [-0.2, 0) is 11.8 Å². The normalized spacial score (nSPS) is 18.4. The summed E-state index contributed by atoms with van der Waals surface area (Å²) in [6, 6.07) is 1.98. The van der Waals surface area contributed by atoms with Crippen LogP contribution in [0.5, 0.6) is 0 Å². The average Bonchev–Trinajstić information content (AvgIpc) is 3.13. The van der Waals surface area contributed by atoms with Crippen LogP contribution in [0.1, 0.15) is 56.5 Å². The van der Waals surface area contributed by atoms with Crippen LogP contribution in [0.4, 0.5) is 0 Å². The lowest BCUT2D eigenvalue weighted by molar-refractivity contribution is -0.135. The number of hydrogen-bond acceptors (Lipinski definition) is 4. The first-order chi connectivity index (χ1) is 11.1. The Balaban J connectivity index is 1.99. The van der Waals surface area contributed by atoms with Crippen molar-refractivity contribution in [3.8, 4) is 11.3 Å². The SMILES string of the molecule is CCCC(=O)N1CCCCC1c1c(-c2cc(C)no2)cnn1C. The van der Waals surface area contributed by atoms with E-state index in [9.17, 15) is 4.79 Å². The molecule has 1 aliphatic heterocycles. The van der Waals surface area contributed by atoms with Gasteiger partial charge in [0.2, 0.25) is 5.91 Å². The maximum atomic E-state index is 12.5. The van der Waals surface area contributed by atoms with Crippen molar-refractivity contribution in [2.24, 2.45) is 7.05 Å². The monoisotopic (exact) mass is 316 g/mol. The van der Waals surface area contributed by atoms with Crippen LogP contribution < -0.4 is 0 Å². The van der Waals surface area contributed by atoms with Crippen LogP contribution in [-0.4, -0.2) is 32.3 Å². The second-order valence-electron chi connectivity index (χ2n) is 6.25. The number of amides is 1. The van der Waals surface area contributed by atoms with Crippen molar-refractivity contribution in [3.05, 3.63) is 23.7 Å². The van der Waals surface area contributed by atoms with E-state index in [2.05, 4.69) is 10.3 Å².